The Morgan fingerprint density at radius 1 is 1.24 bits per heavy atom. The average molecular weight is 283 g/mol. The third-order valence-electron chi connectivity index (χ3n) is 3.17. The van der Waals surface area contributed by atoms with E-state index >= 15 is 0 Å². The van der Waals surface area contributed by atoms with E-state index < -0.39 is 0 Å². The first-order valence-electron chi connectivity index (χ1n) is 7.11. The molecule has 0 spiro atoms. The number of benzene rings is 1. The van der Waals surface area contributed by atoms with Crippen LogP contribution in [0.3, 0.4) is 0 Å². The van der Waals surface area contributed by atoms with Crippen LogP contribution < -0.4 is 10.6 Å². The normalized spacial score (nSPS) is 10.5. The molecule has 0 atom stereocenters. The van der Waals surface area contributed by atoms with Gasteiger partial charge in [-0.2, -0.15) is 0 Å². The van der Waals surface area contributed by atoms with Crippen molar-refractivity contribution in [2.45, 2.75) is 33.2 Å². The van der Waals surface area contributed by atoms with Crippen LogP contribution in [-0.4, -0.2) is 10.9 Å². The van der Waals surface area contributed by atoms with Crippen molar-refractivity contribution in [1.82, 2.24) is 4.98 Å². The van der Waals surface area contributed by atoms with Crippen molar-refractivity contribution in [2.24, 2.45) is 0 Å². The maximum absolute atomic E-state index is 11.1. The lowest BCUT2D eigenvalue weighted by Crippen LogP contribution is -2.07. The molecule has 0 unspecified atom stereocenters. The van der Waals surface area contributed by atoms with E-state index in [9.17, 15) is 4.79 Å². The van der Waals surface area contributed by atoms with Crippen LogP contribution in [-0.2, 0) is 11.3 Å². The van der Waals surface area contributed by atoms with Crippen molar-refractivity contribution in [3.05, 3.63) is 53.7 Å². The van der Waals surface area contributed by atoms with E-state index in [-0.39, 0.29) is 5.91 Å². The highest BCUT2D eigenvalue weighted by atomic mass is 16.1. The Kier molecular flexibility index (Phi) is 4.93. The van der Waals surface area contributed by atoms with Gasteiger partial charge in [-0.15, -0.1) is 0 Å². The van der Waals surface area contributed by atoms with Crippen LogP contribution in [0.15, 0.2) is 42.6 Å². The molecule has 0 aliphatic heterocycles. The molecule has 2 N–H and O–H groups in total. The van der Waals surface area contributed by atoms with E-state index in [1.807, 2.05) is 36.5 Å². The first kappa shape index (κ1) is 15.0. The zero-order chi connectivity index (χ0) is 15.2. The van der Waals surface area contributed by atoms with Crippen molar-refractivity contribution in [3.8, 4) is 0 Å². The van der Waals surface area contributed by atoms with E-state index in [1.54, 1.807) is 0 Å². The number of nitrogens with one attached hydrogen (secondary N) is 2. The van der Waals surface area contributed by atoms with Gasteiger partial charge in [0.25, 0.3) is 0 Å². The fraction of sp³-hybridized carbons (Fsp3) is 0.294. The van der Waals surface area contributed by atoms with Crippen molar-refractivity contribution in [3.63, 3.8) is 0 Å². The second-order valence-corrected chi connectivity index (χ2v) is 5.37. The average Bonchev–Trinajstić information content (AvgIpc) is 2.45. The van der Waals surface area contributed by atoms with E-state index in [1.165, 1.54) is 12.5 Å². The molecule has 4 nitrogen and oxygen atoms in total. The van der Waals surface area contributed by atoms with E-state index in [2.05, 4.69) is 35.5 Å². The SMILES string of the molecule is CC(=O)Nc1cccc(CNc2ccc(C(C)C)cn2)c1. The summed E-state index contributed by atoms with van der Waals surface area (Å²) in [5.41, 5.74) is 3.13. The standard InChI is InChI=1S/C17H21N3O/c1-12(2)15-7-8-17(19-11-15)18-10-14-5-4-6-16(9-14)20-13(3)21/h4-9,11-12H,10H2,1-3H3,(H,18,19)(H,20,21). The molecule has 1 heterocycles. The molecule has 1 amide bonds. The van der Waals surface area contributed by atoms with Gasteiger partial charge in [-0.05, 0) is 35.2 Å². The topological polar surface area (TPSA) is 54.0 Å². The summed E-state index contributed by atoms with van der Waals surface area (Å²) < 4.78 is 0. The molecule has 0 aliphatic rings. The molecular formula is C17H21N3O. The van der Waals surface area contributed by atoms with Gasteiger partial charge in [0.1, 0.15) is 5.82 Å². The molecule has 0 saturated carbocycles. The highest BCUT2D eigenvalue weighted by Crippen LogP contribution is 2.16. The Labute approximate surface area is 125 Å². The van der Waals surface area contributed by atoms with Crippen LogP contribution in [0.2, 0.25) is 0 Å². The molecule has 0 aliphatic carbocycles. The number of nitrogens with zero attached hydrogens (tertiary/aromatic N) is 1. The van der Waals surface area contributed by atoms with Gasteiger partial charge in [0.05, 0.1) is 0 Å². The van der Waals surface area contributed by atoms with Gasteiger partial charge in [0.2, 0.25) is 5.91 Å². The number of pyridine rings is 1. The third kappa shape index (κ3) is 4.60. The number of amides is 1. The molecule has 2 aromatic rings. The Morgan fingerprint density at radius 3 is 2.67 bits per heavy atom. The maximum Gasteiger partial charge on any atom is 0.221 e. The Bertz CT molecular complexity index is 606. The predicted molar refractivity (Wildman–Crippen MR) is 86.4 cm³/mol. The van der Waals surface area contributed by atoms with Crippen LogP contribution in [0.25, 0.3) is 0 Å². The predicted octanol–water partition coefficient (Wildman–Crippen LogP) is 3.78. The quantitative estimate of drug-likeness (QED) is 0.878. The van der Waals surface area contributed by atoms with Gasteiger partial charge >= 0.3 is 0 Å². The smallest absolute Gasteiger partial charge is 0.221 e. The monoisotopic (exact) mass is 283 g/mol. The minimum Gasteiger partial charge on any atom is -0.366 e. The summed E-state index contributed by atoms with van der Waals surface area (Å²) >= 11 is 0. The Hall–Kier alpha value is -2.36. The summed E-state index contributed by atoms with van der Waals surface area (Å²) in [7, 11) is 0. The summed E-state index contributed by atoms with van der Waals surface area (Å²) in [6.45, 7) is 6.47. The molecule has 4 heteroatoms. The molecule has 0 bridgehead atoms. The van der Waals surface area contributed by atoms with E-state index in [0.29, 0.717) is 12.5 Å². The Balaban J connectivity index is 1.97. The lowest BCUT2D eigenvalue weighted by atomic mass is 10.1. The van der Waals surface area contributed by atoms with Crippen molar-refractivity contribution in [2.75, 3.05) is 10.6 Å². The number of carbonyl (C=O) groups is 1. The summed E-state index contributed by atoms with van der Waals surface area (Å²) in [6, 6.07) is 11.9. The minimum absolute atomic E-state index is 0.0638. The number of rotatable bonds is 5. The zero-order valence-corrected chi connectivity index (χ0v) is 12.7. The first-order valence-corrected chi connectivity index (χ1v) is 7.11. The van der Waals surface area contributed by atoms with Crippen molar-refractivity contribution >= 4 is 17.4 Å². The van der Waals surface area contributed by atoms with Crippen LogP contribution >= 0.6 is 0 Å². The summed E-state index contributed by atoms with van der Waals surface area (Å²) in [5, 5.41) is 6.06. The maximum atomic E-state index is 11.1. The van der Waals surface area contributed by atoms with Gasteiger partial charge in [0.15, 0.2) is 0 Å². The fourth-order valence-corrected chi connectivity index (χ4v) is 2.01. The van der Waals surface area contributed by atoms with E-state index in [4.69, 9.17) is 0 Å². The number of hydrogen-bond acceptors (Lipinski definition) is 3. The minimum atomic E-state index is -0.0638. The molecule has 0 radical (unpaired) electrons. The second-order valence-electron chi connectivity index (χ2n) is 5.37. The van der Waals surface area contributed by atoms with Gasteiger partial charge in [0, 0.05) is 25.4 Å². The van der Waals surface area contributed by atoms with Crippen LogP contribution in [0, 0.1) is 0 Å². The third-order valence-corrected chi connectivity index (χ3v) is 3.17. The summed E-state index contributed by atoms with van der Waals surface area (Å²) in [6.07, 6.45) is 1.90. The summed E-state index contributed by atoms with van der Waals surface area (Å²) in [5.74, 6) is 1.27. The molecule has 2 rings (SSSR count). The molecular weight excluding hydrogens is 262 g/mol. The largest absolute Gasteiger partial charge is 0.366 e. The highest BCUT2D eigenvalue weighted by molar-refractivity contribution is 5.88. The molecule has 21 heavy (non-hydrogen) atoms. The molecule has 1 aromatic heterocycles. The molecule has 1 aromatic carbocycles. The summed E-state index contributed by atoms with van der Waals surface area (Å²) in [4.78, 5) is 15.5. The van der Waals surface area contributed by atoms with Crippen molar-refractivity contribution in [1.29, 1.82) is 0 Å². The fourth-order valence-electron chi connectivity index (χ4n) is 2.01. The van der Waals surface area contributed by atoms with Gasteiger partial charge < -0.3 is 10.6 Å². The molecule has 0 fully saturated rings. The number of carbonyl (C=O) groups excluding carboxylic acids is 1. The lowest BCUT2D eigenvalue weighted by Gasteiger charge is -2.09. The molecule has 0 saturated heterocycles. The van der Waals surface area contributed by atoms with Crippen LogP contribution in [0.1, 0.15) is 37.8 Å². The van der Waals surface area contributed by atoms with Crippen molar-refractivity contribution < 1.29 is 4.79 Å². The second kappa shape index (κ2) is 6.88. The van der Waals surface area contributed by atoms with Gasteiger partial charge in [-0.3, -0.25) is 4.79 Å². The van der Waals surface area contributed by atoms with E-state index in [0.717, 1.165) is 17.1 Å². The Morgan fingerprint density at radius 2 is 2.05 bits per heavy atom. The van der Waals surface area contributed by atoms with Crippen LogP contribution in [0.4, 0.5) is 11.5 Å². The van der Waals surface area contributed by atoms with Crippen LogP contribution in [0.5, 0.6) is 0 Å². The first-order chi connectivity index (χ1) is 10.0. The zero-order valence-electron chi connectivity index (χ0n) is 12.7. The number of hydrogen-bond donors (Lipinski definition) is 2. The van der Waals surface area contributed by atoms with Gasteiger partial charge in [-0.25, -0.2) is 4.98 Å². The lowest BCUT2D eigenvalue weighted by molar-refractivity contribution is -0.114. The number of aromatic nitrogens is 1. The highest BCUT2D eigenvalue weighted by Gasteiger charge is 2.01. The molecule has 110 valence electrons. The van der Waals surface area contributed by atoms with Gasteiger partial charge in [-0.1, -0.05) is 32.0 Å². The number of anilines is 2.